The molecule has 0 aromatic heterocycles. The van der Waals surface area contributed by atoms with Crippen molar-refractivity contribution in [2.75, 3.05) is 32.7 Å². The molecule has 2 aliphatic heterocycles. The van der Waals surface area contributed by atoms with Crippen LogP contribution in [0.5, 0.6) is 0 Å². The van der Waals surface area contributed by atoms with Crippen molar-refractivity contribution in [1.82, 2.24) is 15.1 Å². The average molecular weight is 375 g/mol. The molecule has 1 atom stereocenters. The lowest BCUT2D eigenvalue weighted by molar-refractivity contribution is 0.0129. The second-order valence-corrected chi connectivity index (χ2v) is 8.32. The van der Waals surface area contributed by atoms with Gasteiger partial charge < -0.3 is 24.6 Å². The number of rotatable bonds is 2. The quantitative estimate of drug-likeness (QED) is 0.860. The van der Waals surface area contributed by atoms with Crippen LogP contribution in [0.25, 0.3) is 0 Å². The Morgan fingerprint density at radius 2 is 1.74 bits per heavy atom. The summed E-state index contributed by atoms with van der Waals surface area (Å²) in [6, 6.07) is 9.64. The monoisotopic (exact) mass is 375 g/mol. The van der Waals surface area contributed by atoms with Crippen LogP contribution in [0.4, 0.5) is 9.59 Å². The van der Waals surface area contributed by atoms with Crippen molar-refractivity contribution < 1.29 is 19.1 Å². The Hall–Kier alpha value is -2.28. The summed E-state index contributed by atoms with van der Waals surface area (Å²) in [7, 11) is 0. The van der Waals surface area contributed by atoms with Crippen molar-refractivity contribution in [3.63, 3.8) is 0 Å². The van der Waals surface area contributed by atoms with Crippen LogP contribution in [0.15, 0.2) is 30.3 Å². The highest BCUT2D eigenvalue weighted by Crippen LogP contribution is 2.26. The Bertz CT molecular complexity index is 674. The number of nitrogens with one attached hydrogen (secondary N) is 1. The molecule has 0 aliphatic carbocycles. The Kier molecular flexibility index (Phi) is 5.60. The highest BCUT2D eigenvalue weighted by atomic mass is 16.6. The van der Waals surface area contributed by atoms with E-state index in [1.54, 1.807) is 9.80 Å². The van der Waals surface area contributed by atoms with Gasteiger partial charge in [-0.1, -0.05) is 30.3 Å². The molecule has 2 fully saturated rings. The van der Waals surface area contributed by atoms with Gasteiger partial charge in [0.15, 0.2) is 0 Å². The Balaban J connectivity index is 1.54. The zero-order valence-corrected chi connectivity index (χ0v) is 16.4. The maximum absolute atomic E-state index is 12.4. The summed E-state index contributed by atoms with van der Waals surface area (Å²) in [6.45, 7) is 8.82. The SMILES string of the molecule is CC(C)(C)OC(=O)N1CCNC2(CCN(C(=O)OCc3ccccc3)C2)C1. The Labute approximate surface area is 160 Å². The summed E-state index contributed by atoms with van der Waals surface area (Å²) in [5.41, 5.74) is 0.158. The van der Waals surface area contributed by atoms with E-state index in [9.17, 15) is 9.59 Å². The van der Waals surface area contributed by atoms with Crippen molar-refractivity contribution in [1.29, 1.82) is 0 Å². The molecule has 1 aromatic rings. The van der Waals surface area contributed by atoms with Gasteiger partial charge in [0.25, 0.3) is 0 Å². The first-order chi connectivity index (χ1) is 12.8. The van der Waals surface area contributed by atoms with E-state index in [4.69, 9.17) is 9.47 Å². The minimum atomic E-state index is -0.516. The van der Waals surface area contributed by atoms with Gasteiger partial charge in [-0.3, -0.25) is 0 Å². The molecule has 27 heavy (non-hydrogen) atoms. The first-order valence-electron chi connectivity index (χ1n) is 9.45. The van der Waals surface area contributed by atoms with Crippen LogP contribution in [0.1, 0.15) is 32.8 Å². The van der Waals surface area contributed by atoms with Gasteiger partial charge in [-0.05, 0) is 32.8 Å². The van der Waals surface area contributed by atoms with E-state index in [0.29, 0.717) is 32.7 Å². The third-order valence-electron chi connectivity index (χ3n) is 4.84. The zero-order valence-electron chi connectivity index (χ0n) is 16.4. The van der Waals surface area contributed by atoms with E-state index in [2.05, 4.69) is 5.32 Å². The maximum Gasteiger partial charge on any atom is 0.410 e. The largest absolute Gasteiger partial charge is 0.445 e. The molecule has 3 rings (SSSR count). The molecule has 1 unspecified atom stereocenters. The summed E-state index contributed by atoms with van der Waals surface area (Å²) in [6.07, 6.45) is 0.174. The lowest BCUT2D eigenvalue weighted by Crippen LogP contribution is -2.63. The van der Waals surface area contributed by atoms with Crippen LogP contribution in [0.3, 0.4) is 0 Å². The molecule has 1 spiro atoms. The van der Waals surface area contributed by atoms with Crippen LogP contribution in [0, 0.1) is 0 Å². The van der Waals surface area contributed by atoms with Gasteiger partial charge >= 0.3 is 12.2 Å². The number of likely N-dealkylation sites (tertiary alicyclic amines) is 1. The van der Waals surface area contributed by atoms with Crippen molar-refractivity contribution in [3.8, 4) is 0 Å². The van der Waals surface area contributed by atoms with Crippen LogP contribution in [-0.2, 0) is 16.1 Å². The first-order valence-corrected chi connectivity index (χ1v) is 9.45. The number of benzene rings is 1. The van der Waals surface area contributed by atoms with E-state index in [0.717, 1.165) is 12.0 Å². The zero-order chi connectivity index (χ0) is 19.5. The fraction of sp³-hybridized carbons (Fsp3) is 0.600. The van der Waals surface area contributed by atoms with E-state index in [-0.39, 0.29) is 24.3 Å². The minimum Gasteiger partial charge on any atom is -0.445 e. The molecule has 7 heteroatoms. The molecule has 1 N–H and O–H groups in total. The number of hydrogen-bond acceptors (Lipinski definition) is 5. The highest BCUT2D eigenvalue weighted by molar-refractivity contribution is 5.69. The van der Waals surface area contributed by atoms with E-state index in [1.807, 2.05) is 51.1 Å². The molecular weight excluding hydrogens is 346 g/mol. The Morgan fingerprint density at radius 1 is 1.07 bits per heavy atom. The molecule has 2 aliphatic rings. The number of piperazine rings is 1. The van der Waals surface area contributed by atoms with Crippen LogP contribution in [-0.4, -0.2) is 65.9 Å². The van der Waals surface area contributed by atoms with Gasteiger partial charge in [0, 0.05) is 32.7 Å². The highest BCUT2D eigenvalue weighted by Gasteiger charge is 2.44. The van der Waals surface area contributed by atoms with Gasteiger partial charge in [0.1, 0.15) is 12.2 Å². The van der Waals surface area contributed by atoms with Crippen LogP contribution in [0.2, 0.25) is 0 Å². The van der Waals surface area contributed by atoms with Gasteiger partial charge in [0.2, 0.25) is 0 Å². The summed E-state index contributed by atoms with van der Waals surface area (Å²) in [4.78, 5) is 28.3. The smallest absolute Gasteiger partial charge is 0.410 e. The standard InChI is InChI=1S/C20H29N3O4/c1-19(2,3)27-18(25)23-12-10-21-20(15-23)9-11-22(14-20)17(24)26-13-16-7-5-4-6-8-16/h4-8,21H,9-15H2,1-3H3. The molecule has 0 radical (unpaired) electrons. The second-order valence-electron chi connectivity index (χ2n) is 8.32. The fourth-order valence-electron chi connectivity index (χ4n) is 3.55. The number of ether oxygens (including phenoxy) is 2. The molecule has 0 saturated carbocycles. The normalized spacial score (nSPS) is 22.8. The summed E-state index contributed by atoms with van der Waals surface area (Å²) < 4.78 is 10.9. The predicted molar refractivity (Wildman–Crippen MR) is 101 cm³/mol. The molecule has 7 nitrogen and oxygen atoms in total. The van der Waals surface area contributed by atoms with E-state index >= 15 is 0 Å². The number of carbonyl (C=O) groups excluding carboxylic acids is 2. The van der Waals surface area contributed by atoms with Gasteiger partial charge in [-0.25, -0.2) is 9.59 Å². The van der Waals surface area contributed by atoms with Gasteiger partial charge in [0.05, 0.1) is 5.54 Å². The van der Waals surface area contributed by atoms with Crippen molar-refractivity contribution in [2.45, 2.75) is 44.9 Å². The van der Waals surface area contributed by atoms with Crippen LogP contribution >= 0.6 is 0 Å². The third-order valence-corrected chi connectivity index (χ3v) is 4.84. The van der Waals surface area contributed by atoms with E-state index < -0.39 is 5.60 Å². The molecule has 2 saturated heterocycles. The average Bonchev–Trinajstić information content (AvgIpc) is 3.02. The van der Waals surface area contributed by atoms with Gasteiger partial charge in [-0.2, -0.15) is 0 Å². The summed E-state index contributed by atoms with van der Waals surface area (Å²) in [5.74, 6) is 0. The topological polar surface area (TPSA) is 71.1 Å². The number of amides is 2. The molecule has 2 heterocycles. The molecule has 2 amide bonds. The number of nitrogens with zero attached hydrogens (tertiary/aromatic N) is 2. The number of hydrogen-bond donors (Lipinski definition) is 1. The predicted octanol–water partition coefficient (Wildman–Crippen LogP) is 2.61. The minimum absolute atomic E-state index is 0.265. The number of carbonyl (C=O) groups is 2. The Morgan fingerprint density at radius 3 is 2.41 bits per heavy atom. The fourth-order valence-corrected chi connectivity index (χ4v) is 3.55. The summed E-state index contributed by atoms with van der Waals surface area (Å²) in [5, 5.41) is 3.50. The van der Waals surface area contributed by atoms with Gasteiger partial charge in [-0.15, -0.1) is 0 Å². The molecule has 0 bridgehead atoms. The summed E-state index contributed by atoms with van der Waals surface area (Å²) >= 11 is 0. The van der Waals surface area contributed by atoms with Crippen molar-refractivity contribution >= 4 is 12.2 Å². The molecular formula is C20H29N3O4. The lowest BCUT2D eigenvalue weighted by Gasteiger charge is -2.41. The second kappa shape index (κ2) is 7.76. The van der Waals surface area contributed by atoms with E-state index in [1.165, 1.54) is 0 Å². The van der Waals surface area contributed by atoms with Crippen molar-refractivity contribution in [3.05, 3.63) is 35.9 Å². The first kappa shape index (κ1) is 19.5. The molecule has 1 aromatic carbocycles. The third kappa shape index (κ3) is 5.13. The van der Waals surface area contributed by atoms with Crippen LogP contribution < -0.4 is 5.32 Å². The lowest BCUT2D eigenvalue weighted by atomic mass is 9.96. The van der Waals surface area contributed by atoms with Crippen molar-refractivity contribution in [2.24, 2.45) is 0 Å². The molecule has 148 valence electrons. The maximum atomic E-state index is 12.4.